The van der Waals surface area contributed by atoms with Gasteiger partial charge in [0.15, 0.2) is 0 Å². The third kappa shape index (κ3) is 4.50. The van der Waals surface area contributed by atoms with Gasteiger partial charge in [0.2, 0.25) is 0 Å². The van der Waals surface area contributed by atoms with Crippen LogP contribution in [-0.2, 0) is 16.1 Å². The van der Waals surface area contributed by atoms with Gasteiger partial charge in [0, 0.05) is 23.8 Å². The van der Waals surface area contributed by atoms with Crippen LogP contribution in [0.15, 0.2) is 27.4 Å². The van der Waals surface area contributed by atoms with Crippen molar-refractivity contribution < 1.29 is 23.4 Å². The zero-order valence-electron chi connectivity index (χ0n) is 15.0. The van der Waals surface area contributed by atoms with Crippen LogP contribution in [0.1, 0.15) is 33.3 Å². The number of benzene rings is 1. The SMILES string of the molecule is CC.COc1cc(OC)c2c(COC(=O)C(C)C)cc(=O)oc2c1. The van der Waals surface area contributed by atoms with Crippen LogP contribution in [0.25, 0.3) is 11.0 Å². The number of hydrogen-bond acceptors (Lipinski definition) is 6. The number of ether oxygens (including phenoxy) is 3. The van der Waals surface area contributed by atoms with Gasteiger partial charge in [0.05, 0.1) is 25.5 Å². The smallest absolute Gasteiger partial charge is 0.336 e. The average Bonchev–Trinajstić information content (AvgIpc) is 2.59. The van der Waals surface area contributed by atoms with E-state index in [2.05, 4.69) is 0 Å². The molecule has 0 unspecified atom stereocenters. The molecule has 0 aliphatic heterocycles. The van der Waals surface area contributed by atoms with Crippen molar-refractivity contribution in [2.75, 3.05) is 14.2 Å². The van der Waals surface area contributed by atoms with Crippen LogP contribution in [0.2, 0.25) is 0 Å². The summed E-state index contributed by atoms with van der Waals surface area (Å²) in [5.41, 5.74) is 0.317. The molecule has 0 fully saturated rings. The van der Waals surface area contributed by atoms with Crippen molar-refractivity contribution in [3.05, 3.63) is 34.2 Å². The second-order valence-electron chi connectivity index (χ2n) is 5.06. The van der Waals surface area contributed by atoms with E-state index in [1.807, 2.05) is 13.8 Å². The highest BCUT2D eigenvalue weighted by Crippen LogP contribution is 2.33. The highest BCUT2D eigenvalue weighted by molar-refractivity contribution is 5.88. The van der Waals surface area contributed by atoms with E-state index in [1.165, 1.54) is 20.3 Å². The molecule has 6 heteroatoms. The Labute approximate surface area is 141 Å². The van der Waals surface area contributed by atoms with Crippen LogP contribution >= 0.6 is 0 Å². The molecular weight excluding hydrogens is 312 g/mol. The van der Waals surface area contributed by atoms with Crippen LogP contribution in [0.5, 0.6) is 11.5 Å². The zero-order chi connectivity index (χ0) is 18.3. The maximum Gasteiger partial charge on any atom is 0.336 e. The van der Waals surface area contributed by atoms with E-state index >= 15 is 0 Å². The van der Waals surface area contributed by atoms with Gasteiger partial charge in [-0.25, -0.2) is 4.79 Å². The Kier molecular flexibility index (Phi) is 7.30. The number of rotatable bonds is 5. The van der Waals surface area contributed by atoms with E-state index in [-0.39, 0.29) is 18.5 Å². The molecule has 1 aromatic heterocycles. The second-order valence-corrected chi connectivity index (χ2v) is 5.06. The molecule has 0 saturated heterocycles. The standard InChI is InChI=1S/C16H18O6.C2H6/c1-9(2)16(18)21-8-10-5-14(17)22-13-7-11(19-3)6-12(20-4)15(10)13;1-2/h5-7,9H,8H2,1-4H3;1-2H3. The van der Waals surface area contributed by atoms with Crippen LogP contribution in [0.4, 0.5) is 0 Å². The van der Waals surface area contributed by atoms with Crippen LogP contribution in [0.3, 0.4) is 0 Å². The lowest BCUT2D eigenvalue weighted by Gasteiger charge is -2.12. The van der Waals surface area contributed by atoms with Gasteiger partial charge in [0.1, 0.15) is 23.7 Å². The first-order valence-electron chi connectivity index (χ1n) is 7.81. The van der Waals surface area contributed by atoms with Crippen LogP contribution in [0, 0.1) is 5.92 Å². The van der Waals surface area contributed by atoms with Crippen molar-refractivity contribution in [2.24, 2.45) is 5.92 Å². The highest BCUT2D eigenvalue weighted by Gasteiger charge is 2.16. The van der Waals surface area contributed by atoms with Gasteiger partial charge in [-0.3, -0.25) is 4.79 Å². The lowest BCUT2D eigenvalue weighted by molar-refractivity contribution is -0.148. The molecule has 0 aliphatic carbocycles. The van der Waals surface area contributed by atoms with E-state index in [9.17, 15) is 9.59 Å². The number of carbonyl (C=O) groups excluding carboxylic acids is 1. The fourth-order valence-corrected chi connectivity index (χ4v) is 2.02. The summed E-state index contributed by atoms with van der Waals surface area (Å²) >= 11 is 0. The summed E-state index contributed by atoms with van der Waals surface area (Å²) < 4.78 is 20.9. The lowest BCUT2D eigenvalue weighted by Crippen LogP contribution is -2.12. The van der Waals surface area contributed by atoms with E-state index in [4.69, 9.17) is 18.6 Å². The Bertz CT molecular complexity index is 745. The van der Waals surface area contributed by atoms with Crippen molar-refractivity contribution in [2.45, 2.75) is 34.3 Å². The molecule has 0 bridgehead atoms. The number of esters is 1. The largest absolute Gasteiger partial charge is 0.496 e. The Morgan fingerprint density at radius 2 is 1.79 bits per heavy atom. The van der Waals surface area contributed by atoms with Crippen molar-refractivity contribution in [3.63, 3.8) is 0 Å². The number of fused-ring (bicyclic) bond motifs is 1. The number of methoxy groups -OCH3 is 2. The Hall–Kier alpha value is -2.50. The predicted octanol–water partition coefficient (Wildman–Crippen LogP) is 3.54. The molecule has 0 spiro atoms. The third-order valence-corrected chi connectivity index (χ3v) is 3.16. The molecule has 2 rings (SSSR count). The molecule has 0 aliphatic rings. The lowest BCUT2D eigenvalue weighted by atomic mass is 10.1. The Balaban J connectivity index is 0.00000139. The minimum atomic E-state index is -0.529. The molecule has 24 heavy (non-hydrogen) atoms. The Morgan fingerprint density at radius 3 is 2.33 bits per heavy atom. The van der Waals surface area contributed by atoms with Crippen LogP contribution < -0.4 is 15.1 Å². The summed E-state index contributed by atoms with van der Waals surface area (Å²) in [5, 5.41) is 0.583. The molecular formula is C18H24O6. The third-order valence-electron chi connectivity index (χ3n) is 3.16. The molecule has 0 atom stereocenters. The number of hydrogen-bond donors (Lipinski definition) is 0. The van der Waals surface area contributed by atoms with Gasteiger partial charge >= 0.3 is 11.6 Å². The van der Waals surface area contributed by atoms with Crippen molar-refractivity contribution >= 4 is 16.9 Å². The molecule has 0 N–H and O–H groups in total. The molecule has 132 valence electrons. The molecule has 0 saturated carbocycles. The molecule has 1 aromatic carbocycles. The number of carbonyl (C=O) groups is 1. The fourth-order valence-electron chi connectivity index (χ4n) is 2.02. The van der Waals surface area contributed by atoms with Gasteiger partial charge in [-0.2, -0.15) is 0 Å². The predicted molar refractivity (Wildman–Crippen MR) is 91.6 cm³/mol. The molecule has 0 amide bonds. The van der Waals surface area contributed by atoms with Crippen molar-refractivity contribution in [3.8, 4) is 11.5 Å². The first-order chi connectivity index (χ1) is 11.5. The normalized spacial score (nSPS) is 10.1. The van der Waals surface area contributed by atoms with E-state index in [0.717, 1.165) is 0 Å². The first kappa shape index (κ1) is 19.5. The zero-order valence-corrected chi connectivity index (χ0v) is 15.0. The van der Waals surface area contributed by atoms with Crippen molar-refractivity contribution in [1.82, 2.24) is 0 Å². The molecule has 1 heterocycles. The van der Waals surface area contributed by atoms with Gasteiger partial charge in [-0.1, -0.05) is 27.7 Å². The maximum atomic E-state index is 11.7. The van der Waals surface area contributed by atoms with E-state index < -0.39 is 5.63 Å². The summed E-state index contributed by atoms with van der Waals surface area (Å²) in [4.78, 5) is 23.3. The Morgan fingerprint density at radius 1 is 1.12 bits per heavy atom. The summed E-state index contributed by atoms with van der Waals surface area (Å²) in [7, 11) is 3.01. The monoisotopic (exact) mass is 336 g/mol. The van der Waals surface area contributed by atoms with E-state index in [0.29, 0.717) is 28.0 Å². The van der Waals surface area contributed by atoms with E-state index in [1.54, 1.807) is 26.0 Å². The van der Waals surface area contributed by atoms with Crippen LogP contribution in [-0.4, -0.2) is 20.2 Å². The summed E-state index contributed by atoms with van der Waals surface area (Å²) in [6, 6.07) is 4.56. The highest BCUT2D eigenvalue weighted by atomic mass is 16.5. The maximum absolute atomic E-state index is 11.7. The summed E-state index contributed by atoms with van der Waals surface area (Å²) in [6.45, 7) is 7.46. The van der Waals surface area contributed by atoms with Gasteiger partial charge in [0.25, 0.3) is 0 Å². The molecule has 0 radical (unpaired) electrons. The molecule has 6 nitrogen and oxygen atoms in total. The topological polar surface area (TPSA) is 75.0 Å². The quantitative estimate of drug-likeness (QED) is 0.614. The van der Waals surface area contributed by atoms with Gasteiger partial charge < -0.3 is 18.6 Å². The van der Waals surface area contributed by atoms with Gasteiger partial charge in [-0.15, -0.1) is 0 Å². The first-order valence-corrected chi connectivity index (χ1v) is 7.81. The fraction of sp³-hybridized carbons (Fsp3) is 0.444. The summed E-state index contributed by atoms with van der Waals surface area (Å²) in [5.74, 6) is 0.403. The van der Waals surface area contributed by atoms with Crippen molar-refractivity contribution in [1.29, 1.82) is 0 Å². The van der Waals surface area contributed by atoms with Gasteiger partial charge in [-0.05, 0) is 0 Å². The second kappa shape index (κ2) is 8.96. The summed E-state index contributed by atoms with van der Waals surface area (Å²) in [6.07, 6.45) is 0. The minimum absolute atomic E-state index is 0.0260. The average molecular weight is 336 g/mol. The molecule has 2 aromatic rings. The minimum Gasteiger partial charge on any atom is -0.496 e.